The van der Waals surface area contributed by atoms with E-state index in [-0.39, 0.29) is 55.0 Å². The number of hydrazine groups is 1. The minimum atomic E-state index is -1.69. The fourth-order valence-corrected chi connectivity index (χ4v) is 8.77. The van der Waals surface area contributed by atoms with Gasteiger partial charge in [-0.05, 0) is 79.3 Å². The van der Waals surface area contributed by atoms with E-state index in [1.807, 2.05) is 6.08 Å². The normalized spacial score (nSPS) is 27.1. The van der Waals surface area contributed by atoms with Gasteiger partial charge in [-0.3, -0.25) is 34.3 Å². The Morgan fingerprint density at radius 2 is 1.72 bits per heavy atom. The number of methoxy groups -OCH3 is 1. The van der Waals surface area contributed by atoms with Crippen LogP contribution in [0.4, 0.5) is 10.1 Å². The zero-order valence-corrected chi connectivity index (χ0v) is 27.6. The van der Waals surface area contributed by atoms with Crippen LogP contribution in [0.5, 0.6) is 11.5 Å². The van der Waals surface area contributed by atoms with Crippen LogP contribution in [0, 0.1) is 29.5 Å². The van der Waals surface area contributed by atoms with Crippen molar-refractivity contribution in [2.45, 2.75) is 37.0 Å². The largest absolute Gasteiger partial charge is 0.508 e. The lowest BCUT2D eigenvalue weighted by molar-refractivity contribution is -0.142. The van der Waals surface area contributed by atoms with Crippen molar-refractivity contribution in [1.82, 2.24) is 9.91 Å². The number of benzene rings is 3. The van der Waals surface area contributed by atoms with E-state index in [4.69, 9.17) is 21.4 Å². The molecule has 258 valence electrons. The lowest BCUT2D eigenvalue weighted by Gasteiger charge is -2.50. The molecule has 3 N–H and O–H groups in total. The van der Waals surface area contributed by atoms with E-state index in [0.717, 1.165) is 9.91 Å². The molecule has 3 aromatic carbocycles. The number of amides is 4. The van der Waals surface area contributed by atoms with Gasteiger partial charge < -0.3 is 14.9 Å². The monoisotopic (exact) mass is 701 g/mol. The summed E-state index contributed by atoms with van der Waals surface area (Å²) in [4.78, 5) is 69.9. The van der Waals surface area contributed by atoms with Crippen LogP contribution in [0.25, 0.3) is 0 Å². The molecule has 2 aliphatic heterocycles. The number of imide groups is 2. The van der Waals surface area contributed by atoms with Gasteiger partial charge in [0.15, 0.2) is 0 Å². The number of carbonyl (C=O) groups excluding carboxylic acids is 4. The SMILES string of the molecule is COc1cccc(O)c1C1C2=CCC3C(=O)N(CCCC(=O)O)C(=O)C3C2CC2C(=O)N(Nc3ccc(F)cc3)C(=O)C21c1ccc(Cl)cc1. The average Bonchev–Trinajstić information content (AvgIpc) is 3.46. The van der Waals surface area contributed by atoms with E-state index < -0.39 is 70.4 Å². The van der Waals surface area contributed by atoms with Crippen molar-refractivity contribution in [3.8, 4) is 11.5 Å². The standard InChI is InChI=1S/C37H33ClFN3O8/c1-50-28-5-2-4-27(43)31(28)32-23-15-16-24-30(35(48)41(33(24)46)17-3-6-29(44)45)25(23)18-26-34(47)42(40-22-13-11-21(39)12-14-22)36(49)37(26,32)19-7-9-20(38)10-8-19/h2,4-5,7-15,24-26,30,32,40,43H,3,6,16-18H2,1H3,(H,44,45). The van der Waals surface area contributed by atoms with Gasteiger partial charge in [-0.2, -0.15) is 5.01 Å². The Morgan fingerprint density at radius 3 is 2.40 bits per heavy atom. The van der Waals surface area contributed by atoms with Gasteiger partial charge in [0.1, 0.15) is 17.3 Å². The molecule has 2 aliphatic carbocycles. The van der Waals surface area contributed by atoms with Crippen LogP contribution in [0.2, 0.25) is 5.02 Å². The highest BCUT2D eigenvalue weighted by atomic mass is 35.5. The molecule has 2 saturated heterocycles. The number of anilines is 1. The van der Waals surface area contributed by atoms with Gasteiger partial charge in [0.05, 0.1) is 36.0 Å². The number of allylic oxidation sites excluding steroid dienone is 2. The van der Waals surface area contributed by atoms with Gasteiger partial charge in [0.25, 0.3) is 11.8 Å². The first kappa shape index (κ1) is 33.3. The number of aliphatic carboxylic acids is 1. The van der Waals surface area contributed by atoms with Gasteiger partial charge in [-0.25, -0.2) is 4.39 Å². The quantitative estimate of drug-likeness (QED) is 0.206. The summed E-state index contributed by atoms with van der Waals surface area (Å²) in [5, 5.41) is 22.0. The van der Waals surface area contributed by atoms with Crippen molar-refractivity contribution < 1.29 is 43.3 Å². The summed E-state index contributed by atoms with van der Waals surface area (Å²) in [5.41, 5.74) is 2.75. The zero-order valence-electron chi connectivity index (χ0n) is 26.8. The number of aromatic hydroxyl groups is 1. The number of likely N-dealkylation sites (tertiary alicyclic amines) is 1. The van der Waals surface area contributed by atoms with E-state index in [9.17, 15) is 28.7 Å². The molecule has 0 bridgehead atoms. The van der Waals surface area contributed by atoms with E-state index in [1.54, 1.807) is 36.4 Å². The summed E-state index contributed by atoms with van der Waals surface area (Å²) in [6.07, 6.45) is 1.89. The van der Waals surface area contributed by atoms with Crippen LogP contribution in [0.15, 0.2) is 78.4 Å². The fourth-order valence-electron chi connectivity index (χ4n) is 8.64. The van der Waals surface area contributed by atoms with Gasteiger partial charge in [-0.15, -0.1) is 0 Å². The number of carboxylic acid groups (broad SMARTS) is 1. The highest BCUT2D eigenvalue weighted by molar-refractivity contribution is 6.30. The first-order valence-electron chi connectivity index (χ1n) is 16.3. The smallest absolute Gasteiger partial charge is 0.303 e. The van der Waals surface area contributed by atoms with E-state index in [1.165, 1.54) is 37.4 Å². The van der Waals surface area contributed by atoms with E-state index in [2.05, 4.69) is 5.43 Å². The number of hydrogen-bond donors (Lipinski definition) is 3. The van der Waals surface area contributed by atoms with Crippen LogP contribution in [-0.4, -0.2) is 63.4 Å². The number of carboxylic acids is 1. The van der Waals surface area contributed by atoms with E-state index in [0.29, 0.717) is 16.2 Å². The average molecular weight is 702 g/mol. The summed E-state index contributed by atoms with van der Waals surface area (Å²) in [5.74, 6) is -8.07. The number of phenolic OH excluding ortho intramolecular Hbond substituents is 1. The number of nitrogens with one attached hydrogen (secondary N) is 1. The molecule has 0 aromatic heterocycles. The Hall–Kier alpha value is -5.23. The molecule has 4 amide bonds. The molecule has 11 nitrogen and oxygen atoms in total. The summed E-state index contributed by atoms with van der Waals surface area (Å²) >= 11 is 6.32. The van der Waals surface area contributed by atoms with Crippen molar-refractivity contribution in [3.63, 3.8) is 0 Å². The summed E-state index contributed by atoms with van der Waals surface area (Å²) in [6, 6.07) is 16.4. The molecule has 0 radical (unpaired) electrons. The Bertz CT molecular complexity index is 1950. The molecular formula is C37H33ClFN3O8. The van der Waals surface area contributed by atoms with Crippen molar-refractivity contribution in [1.29, 1.82) is 0 Å². The third-order valence-electron chi connectivity index (χ3n) is 10.7. The van der Waals surface area contributed by atoms with Crippen LogP contribution in [-0.2, 0) is 29.4 Å². The summed E-state index contributed by atoms with van der Waals surface area (Å²) < 4.78 is 19.6. The molecule has 6 atom stereocenters. The van der Waals surface area contributed by atoms with Crippen LogP contribution in [0.3, 0.4) is 0 Å². The number of phenols is 1. The van der Waals surface area contributed by atoms with Crippen LogP contribution >= 0.6 is 11.6 Å². The molecule has 1 saturated carbocycles. The predicted molar refractivity (Wildman–Crippen MR) is 177 cm³/mol. The third kappa shape index (κ3) is 5.03. The molecule has 50 heavy (non-hydrogen) atoms. The third-order valence-corrected chi connectivity index (χ3v) is 10.9. The number of hydrogen-bond acceptors (Lipinski definition) is 8. The summed E-state index contributed by atoms with van der Waals surface area (Å²) in [7, 11) is 1.43. The number of rotatable bonds is 9. The lowest BCUT2D eigenvalue weighted by atomic mass is 9.49. The maximum Gasteiger partial charge on any atom is 0.303 e. The maximum absolute atomic E-state index is 15.2. The molecule has 3 aromatic rings. The predicted octanol–water partition coefficient (Wildman–Crippen LogP) is 5.04. The van der Waals surface area contributed by atoms with Gasteiger partial charge in [0.2, 0.25) is 11.8 Å². The first-order chi connectivity index (χ1) is 24.0. The highest BCUT2D eigenvalue weighted by Gasteiger charge is 2.71. The van der Waals surface area contributed by atoms with Crippen LogP contribution < -0.4 is 10.2 Å². The molecule has 4 aliphatic rings. The van der Waals surface area contributed by atoms with Crippen molar-refractivity contribution in [3.05, 3.63) is 100 Å². The number of halogens is 2. The zero-order chi connectivity index (χ0) is 35.5. The minimum Gasteiger partial charge on any atom is -0.508 e. The highest BCUT2D eigenvalue weighted by Crippen LogP contribution is 2.65. The molecule has 0 spiro atoms. The molecule has 3 fully saturated rings. The second-order valence-corrected chi connectivity index (χ2v) is 13.5. The second-order valence-electron chi connectivity index (χ2n) is 13.1. The molecule has 6 unspecified atom stereocenters. The summed E-state index contributed by atoms with van der Waals surface area (Å²) in [6.45, 7) is -0.0549. The minimum absolute atomic E-state index is 0.0101. The maximum atomic E-state index is 15.2. The number of fused-ring (bicyclic) bond motifs is 4. The molecule has 13 heteroatoms. The first-order valence-corrected chi connectivity index (χ1v) is 16.7. The van der Waals surface area contributed by atoms with Gasteiger partial charge >= 0.3 is 5.97 Å². The molecule has 2 heterocycles. The molecular weight excluding hydrogens is 669 g/mol. The second kappa shape index (κ2) is 12.6. The van der Waals surface area contributed by atoms with E-state index >= 15 is 4.79 Å². The lowest BCUT2D eigenvalue weighted by Crippen LogP contribution is -2.53. The number of nitrogens with zero attached hydrogens (tertiary/aromatic N) is 2. The topological polar surface area (TPSA) is 154 Å². The van der Waals surface area contributed by atoms with Gasteiger partial charge in [0, 0.05) is 29.5 Å². The van der Waals surface area contributed by atoms with Crippen molar-refractivity contribution in [2.24, 2.45) is 23.7 Å². The van der Waals surface area contributed by atoms with Crippen molar-refractivity contribution >= 4 is 46.9 Å². The number of ether oxygens (including phenoxy) is 1. The molecule has 7 rings (SSSR count). The fraction of sp³-hybridized carbons (Fsp3) is 0.324. The Kier molecular flexibility index (Phi) is 8.37. The number of carbonyl (C=O) groups is 5. The van der Waals surface area contributed by atoms with Crippen molar-refractivity contribution in [2.75, 3.05) is 19.1 Å². The van der Waals surface area contributed by atoms with Crippen LogP contribution in [0.1, 0.15) is 42.7 Å². The Morgan fingerprint density at radius 1 is 1.00 bits per heavy atom. The Labute approximate surface area is 291 Å². The van der Waals surface area contributed by atoms with Gasteiger partial charge in [-0.1, -0.05) is 41.4 Å². The Balaban J connectivity index is 1.43.